The van der Waals surface area contributed by atoms with Crippen molar-refractivity contribution in [2.45, 2.75) is 11.4 Å². The van der Waals surface area contributed by atoms with Crippen LogP contribution in [-0.2, 0) is 16.6 Å². The van der Waals surface area contributed by atoms with Gasteiger partial charge in [-0.2, -0.15) is 0 Å². The molecule has 180 valence electrons. The van der Waals surface area contributed by atoms with E-state index in [0.717, 1.165) is 16.3 Å². The van der Waals surface area contributed by atoms with Crippen molar-refractivity contribution in [1.82, 2.24) is 5.32 Å². The molecule has 4 aromatic rings. The third kappa shape index (κ3) is 4.93. The Bertz CT molecular complexity index is 1470. The summed E-state index contributed by atoms with van der Waals surface area (Å²) in [6.07, 6.45) is 0. The average Bonchev–Trinajstić information content (AvgIpc) is 2.91. The molecular formula is C27H26N2O5S. The van der Waals surface area contributed by atoms with Crippen LogP contribution in [0, 0.1) is 0 Å². The highest BCUT2D eigenvalue weighted by molar-refractivity contribution is 7.92. The van der Waals surface area contributed by atoms with Gasteiger partial charge < -0.3 is 14.8 Å². The summed E-state index contributed by atoms with van der Waals surface area (Å²) in [6.45, 7) is 0.228. The van der Waals surface area contributed by atoms with E-state index in [1.54, 1.807) is 50.6 Å². The van der Waals surface area contributed by atoms with Crippen LogP contribution in [0.2, 0.25) is 0 Å². The molecule has 1 amide bonds. The number of carbonyl (C=O) groups excluding carboxylic acids is 1. The van der Waals surface area contributed by atoms with Crippen molar-refractivity contribution in [2.24, 2.45) is 0 Å². The summed E-state index contributed by atoms with van der Waals surface area (Å²) in [5.74, 6) is 0.909. The summed E-state index contributed by atoms with van der Waals surface area (Å²) in [6, 6.07) is 24.4. The van der Waals surface area contributed by atoms with Gasteiger partial charge in [0.15, 0.2) is 0 Å². The first-order valence-corrected chi connectivity index (χ1v) is 12.3. The van der Waals surface area contributed by atoms with Gasteiger partial charge in [0.05, 0.1) is 24.8 Å². The monoisotopic (exact) mass is 490 g/mol. The van der Waals surface area contributed by atoms with E-state index in [1.165, 1.54) is 23.5 Å². The molecule has 0 unspecified atom stereocenters. The maximum absolute atomic E-state index is 13.2. The average molecular weight is 491 g/mol. The number of sulfonamides is 1. The first kappa shape index (κ1) is 24.1. The Morgan fingerprint density at radius 2 is 1.63 bits per heavy atom. The van der Waals surface area contributed by atoms with Crippen molar-refractivity contribution in [3.05, 3.63) is 96.1 Å². The fourth-order valence-corrected chi connectivity index (χ4v) is 5.09. The van der Waals surface area contributed by atoms with Crippen LogP contribution < -0.4 is 19.1 Å². The smallest absolute Gasteiger partial charge is 0.264 e. The zero-order valence-corrected chi connectivity index (χ0v) is 20.5. The largest absolute Gasteiger partial charge is 0.497 e. The van der Waals surface area contributed by atoms with Gasteiger partial charge in [-0.25, -0.2) is 8.42 Å². The van der Waals surface area contributed by atoms with E-state index in [2.05, 4.69) is 5.32 Å². The summed E-state index contributed by atoms with van der Waals surface area (Å²) < 4.78 is 38.2. The molecule has 4 aromatic carbocycles. The lowest BCUT2D eigenvalue weighted by molar-refractivity contribution is 0.0950. The lowest BCUT2D eigenvalue weighted by atomic mass is 10.0. The van der Waals surface area contributed by atoms with Crippen LogP contribution in [0.1, 0.15) is 15.9 Å². The highest BCUT2D eigenvalue weighted by Crippen LogP contribution is 2.28. The minimum atomic E-state index is -3.88. The normalized spacial score (nSPS) is 11.2. The van der Waals surface area contributed by atoms with Gasteiger partial charge in [-0.05, 0) is 59.3 Å². The predicted molar refractivity (Wildman–Crippen MR) is 137 cm³/mol. The van der Waals surface area contributed by atoms with Crippen LogP contribution in [-0.4, -0.2) is 35.6 Å². The predicted octanol–water partition coefficient (Wildman–Crippen LogP) is 4.61. The summed E-state index contributed by atoms with van der Waals surface area (Å²) in [7, 11) is 0.718. The number of nitrogens with zero attached hydrogens (tertiary/aromatic N) is 1. The van der Waals surface area contributed by atoms with Gasteiger partial charge in [0.25, 0.3) is 15.9 Å². The number of carbonyl (C=O) groups is 1. The van der Waals surface area contributed by atoms with E-state index in [4.69, 9.17) is 9.47 Å². The van der Waals surface area contributed by atoms with Crippen molar-refractivity contribution < 1.29 is 22.7 Å². The molecule has 35 heavy (non-hydrogen) atoms. The number of hydrogen-bond donors (Lipinski definition) is 1. The molecule has 0 aliphatic carbocycles. The fourth-order valence-electron chi connectivity index (χ4n) is 3.85. The molecule has 0 aliphatic rings. The zero-order chi connectivity index (χ0) is 25.0. The molecule has 8 heteroatoms. The molecule has 0 radical (unpaired) electrons. The number of benzene rings is 4. The van der Waals surface area contributed by atoms with Gasteiger partial charge >= 0.3 is 0 Å². The molecule has 0 saturated carbocycles. The molecule has 0 bridgehead atoms. The highest BCUT2D eigenvalue weighted by atomic mass is 32.2. The molecule has 0 aliphatic heterocycles. The number of amides is 1. The van der Waals surface area contributed by atoms with Crippen molar-refractivity contribution in [2.75, 3.05) is 25.6 Å². The molecule has 1 N–H and O–H groups in total. The van der Waals surface area contributed by atoms with E-state index in [-0.39, 0.29) is 22.9 Å². The number of ether oxygens (including phenoxy) is 2. The van der Waals surface area contributed by atoms with Crippen molar-refractivity contribution in [3.63, 3.8) is 0 Å². The van der Waals surface area contributed by atoms with Crippen LogP contribution in [0.4, 0.5) is 5.69 Å². The van der Waals surface area contributed by atoms with E-state index >= 15 is 0 Å². The summed E-state index contributed by atoms with van der Waals surface area (Å²) in [5, 5.41) is 4.90. The first-order chi connectivity index (χ1) is 16.8. The van der Waals surface area contributed by atoms with Crippen LogP contribution >= 0.6 is 0 Å². The minimum absolute atomic E-state index is 0.0196. The molecule has 0 saturated heterocycles. The second kappa shape index (κ2) is 10.1. The highest BCUT2D eigenvalue weighted by Gasteiger charge is 2.23. The van der Waals surface area contributed by atoms with Crippen LogP contribution in [0.15, 0.2) is 89.8 Å². The van der Waals surface area contributed by atoms with Gasteiger partial charge in [-0.15, -0.1) is 0 Å². The molecule has 0 spiro atoms. The lowest BCUT2D eigenvalue weighted by Gasteiger charge is -2.20. The Labute approximate surface area is 205 Å². The second-order valence-electron chi connectivity index (χ2n) is 7.85. The SMILES string of the molecule is COc1ccc(N(C)S(=O)(=O)c2cccc(C(=O)NCc3c(OC)ccc4ccccc34)c2)cc1. The third-order valence-electron chi connectivity index (χ3n) is 5.83. The Balaban J connectivity index is 1.56. The summed E-state index contributed by atoms with van der Waals surface area (Å²) in [5.41, 5.74) is 1.57. The summed E-state index contributed by atoms with van der Waals surface area (Å²) >= 11 is 0. The Morgan fingerprint density at radius 1 is 0.886 bits per heavy atom. The molecule has 7 nitrogen and oxygen atoms in total. The molecular weight excluding hydrogens is 464 g/mol. The van der Waals surface area contributed by atoms with Gasteiger partial charge in [-0.1, -0.05) is 36.4 Å². The van der Waals surface area contributed by atoms with Crippen molar-refractivity contribution in [3.8, 4) is 11.5 Å². The number of rotatable bonds is 8. The summed E-state index contributed by atoms with van der Waals surface area (Å²) in [4.78, 5) is 13.0. The van der Waals surface area contributed by atoms with Gasteiger partial charge in [0, 0.05) is 24.7 Å². The number of anilines is 1. The molecule has 0 fully saturated rings. The maximum Gasteiger partial charge on any atom is 0.264 e. The number of nitrogens with one attached hydrogen (secondary N) is 1. The van der Waals surface area contributed by atoms with E-state index in [9.17, 15) is 13.2 Å². The van der Waals surface area contributed by atoms with Crippen LogP contribution in [0.3, 0.4) is 0 Å². The first-order valence-electron chi connectivity index (χ1n) is 10.9. The number of hydrogen-bond acceptors (Lipinski definition) is 5. The second-order valence-corrected chi connectivity index (χ2v) is 9.82. The fraction of sp³-hybridized carbons (Fsp3) is 0.148. The Morgan fingerprint density at radius 3 is 2.34 bits per heavy atom. The van der Waals surface area contributed by atoms with Crippen LogP contribution in [0.25, 0.3) is 10.8 Å². The van der Waals surface area contributed by atoms with E-state index in [1.807, 2.05) is 36.4 Å². The van der Waals surface area contributed by atoms with Gasteiger partial charge in [-0.3, -0.25) is 9.10 Å². The third-order valence-corrected chi connectivity index (χ3v) is 7.62. The Hall–Kier alpha value is -4.04. The zero-order valence-electron chi connectivity index (χ0n) is 19.7. The van der Waals surface area contributed by atoms with Gasteiger partial charge in [0.1, 0.15) is 11.5 Å². The quantitative estimate of drug-likeness (QED) is 0.390. The maximum atomic E-state index is 13.2. The van der Waals surface area contributed by atoms with Gasteiger partial charge in [0.2, 0.25) is 0 Å². The number of methoxy groups -OCH3 is 2. The standard InChI is InChI=1S/C27H26N2O5S/c1-29(21-12-14-22(33-2)15-13-21)35(31,32)23-9-6-8-20(17-23)27(30)28-18-25-24-10-5-4-7-19(24)11-16-26(25)34-3/h4-17H,18H2,1-3H3,(H,28,30). The lowest BCUT2D eigenvalue weighted by Crippen LogP contribution is -2.27. The van der Waals surface area contributed by atoms with Crippen molar-refractivity contribution in [1.29, 1.82) is 0 Å². The minimum Gasteiger partial charge on any atom is -0.497 e. The topological polar surface area (TPSA) is 84.9 Å². The van der Waals surface area contributed by atoms with Crippen molar-refractivity contribution >= 4 is 32.4 Å². The van der Waals surface area contributed by atoms with Crippen LogP contribution in [0.5, 0.6) is 11.5 Å². The van der Waals surface area contributed by atoms with E-state index < -0.39 is 10.0 Å². The Kier molecular flexibility index (Phi) is 6.93. The molecule has 0 heterocycles. The number of fused-ring (bicyclic) bond motifs is 1. The molecule has 0 aromatic heterocycles. The molecule has 4 rings (SSSR count). The molecule has 0 atom stereocenters. The van der Waals surface area contributed by atoms with E-state index in [0.29, 0.717) is 17.2 Å².